The molecule has 4 heteroatoms. The van der Waals surface area contributed by atoms with Crippen molar-refractivity contribution in [3.05, 3.63) is 16.4 Å². The van der Waals surface area contributed by atoms with Gasteiger partial charge in [0, 0.05) is 13.1 Å². The molecule has 15 heavy (non-hydrogen) atoms. The molecule has 0 fully saturated rings. The number of nitrogens with one attached hydrogen (secondary N) is 1. The molecule has 0 spiro atoms. The van der Waals surface area contributed by atoms with E-state index in [1.54, 1.807) is 0 Å². The largest absolute Gasteiger partial charge is 0.315 e. The molecular formula is C11H20ClN3. The van der Waals surface area contributed by atoms with Gasteiger partial charge in [0.25, 0.3) is 0 Å². The molecule has 1 N–H and O–H groups in total. The van der Waals surface area contributed by atoms with Crippen LogP contribution < -0.4 is 5.32 Å². The van der Waals surface area contributed by atoms with Gasteiger partial charge in [-0.2, -0.15) is 5.10 Å². The molecule has 0 aliphatic heterocycles. The molecule has 0 aliphatic rings. The fourth-order valence-corrected chi connectivity index (χ4v) is 1.85. The third-order valence-electron chi connectivity index (χ3n) is 2.40. The SMILES string of the molecule is Cc1nn(C)c(CCCNC(C)C)c1Cl. The van der Waals surface area contributed by atoms with E-state index in [0.29, 0.717) is 6.04 Å². The summed E-state index contributed by atoms with van der Waals surface area (Å²) in [5.74, 6) is 0. The van der Waals surface area contributed by atoms with Gasteiger partial charge in [0.05, 0.1) is 16.4 Å². The lowest BCUT2D eigenvalue weighted by atomic mass is 10.2. The Morgan fingerprint density at radius 2 is 2.13 bits per heavy atom. The Morgan fingerprint density at radius 3 is 2.60 bits per heavy atom. The molecule has 0 bridgehead atoms. The number of nitrogens with zero attached hydrogens (tertiary/aromatic N) is 2. The van der Waals surface area contributed by atoms with Crippen LogP contribution in [0.4, 0.5) is 0 Å². The third kappa shape index (κ3) is 3.50. The normalized spacial score (nSPS) is 11.3. The summed E-state index contributed by atoms with van der Waals surface area (Å²) in [6.07, 6.45) is 2.08. The zero-order chi connectivity index (χ0) is 11.4. The van der Waals surface area contributed by atoms with Crippen molar-refractivity contribution in [2.24, 2.45) is 7.05 Å². The second-order valence-corrected chi connectivity index (χ2v) is 4.56. The van der Waals surface area contributed by atoms with Crippen molar-refractivity contribution in [1.82, 2.24) is 15.1 Å². The van der Waals surface area contributed by atoms with E-state index in [0.717, 1.165) is 35.8 Å². The summed E-state index contributed by atoms with van der Waals surface area (Å²) in [4.78, 5) is 0. The molecule has 1 rings (SSSR count). The molecule has 0 aliphatic carbocycles. The van der Waals surface area contributed by atoms with Crippen LogP contribution in [0.2, 0.25) is 5.02 Å². The molecule has 1 heterocycles. The first kappa shape index (κ1) is 12.5. The average molecular weight is 230 g/mol. The van der Waals surface area contributed by atoms with E-state index >= 15 is 0 Å². The van der Waals surface area contributed by atoms with Gasteiger partial charge in [-0.15, -0.1) is 0 Å². The maximum atomic E-state index is 6.15. The lowest BCUT2D eigenvalue weighted by Gasteiger charge is -2.07. The summed E-state index contributed by atoms with van der Waals surface area (Å²) in [5, 5.41) is 8.50. The Kier molecular flexibility index (Phi) is 4.61. The van der Waals surface area contributed by atoms with Gasteiger partial charge in [-0.3, -0.25) is 4.68 Å². The van der Waals surface area contributed by atoms with Crippen LogP contribution in [0, 0.1) is 6.92 Å². The van der Waals surface area contributed by atoms with E-state index in [1.807, 2.05) is 18.7 Å². The Morgan fingerprint density at radius 1 is 1.47 bits per heavy atom. The summed E-state index contributed by atoms with van der Waals surface area (Å²) < 4.78 is 1.88. The minimum absolute atomic E-state index is 0.550. The van der Waals surface area contributed by atoms with Crippen LogP contribution >= 0.6 is 11.6 Å². The van der Waals surface area contributed by atoms with Gasteiger partial charge in [0.15, 0.2) is 0 Å². The first-order valence-electron chi connectivity index (χ1n) is 5.43. The van der Waals surface area contributed by atoms with Crippen molar-refractivity contribution in [3.8, 4) is 0 Å². The van der Waals surface area contributed by atoms with E-state index in [9.17, 15) is 0 Å². The summed E-state index contributed by atoms with van der Waals surface area (Å²) in [5.41, 5.74) is 2.06. The number of hydrogen-bond donors (Lipinski definition) is 1. The second kappa shape index (κ2) is 5.52. The number of aryl methyl sites for hydroxylation is 2. The van der Waals surface area contributed by atoms with Crippen molar-refractivity contribution < 1.29 is 0 Å². The summed E-state index contributed by atoms with van der Waals surface area (Å²) in [6, 6.07) is 0.550. The van der Waals surface area contributed by atoms with E-state index in [2.05, 4.69) is 24.3 Å². The standard InChI is InChI=1S/C11H20ClN3/c1-8(2)13-7-5-6-10-11(12)9(3)14-15(10)4/h8,13H,5-7H2,1-4H3. The lowest BCUT2D eigenvalue weighted by Crippen LogP contribution is -2.24. The molecule has 0 aromatic carbocycles. The van der Waals surface area contributed by atoms with Gasteiger partial charge >= 0.3 is 0 Å². The topological polar surface area (TPSA) is 29.9 Å². The predicted molar refractivity (Wildman–Crippen MR) is 64.4 cm³/mol. The summed E-state index contributed by atoms with van der Waals surface area (Å²) in [6.45, 7) is 7.28. The molecule has 0 unspecified atom stereocenters. The molecule has 86 valence electrons. The molecule has 0 saturated carbocycles. The van der Waals surface area contributed by atoms with Crippen molar-refractivity contribution in [1.29, 1.82) is 0 Å². The predicted octanol–water partition coefficient (Wildman–Crippen LogP) is 2.31. The van der Waals surface area contributed by atoms with Gasteiger partial charge < -0.3 is 5.32 Å². The maximum Gasteiger partial charge on any atom is 0.0846 e. The highest BCUT2D eigenvalue weighted by molar-refractivity contribution is 6.31. The van der Waals surface area contributed by atoms with Crippen molar-refractivity contribution in [3.63, 3.8) is 0 Å². The Labute approximate surface area is 96.8 Å². The summed E-state index contributed by atoms with van der Waals surface area (Å²) >= 11 is 6.15. The molecular weight excluding hydrogens is 210 g/mol. The van der Waals surface area contributed by atoms with E-state index < -0.39 is 0 Å². The van der Waals surface area contributed by atoms with Gasteiger partial charge in [-0.25, -0.2) is 0 Å². The summed E-state index contributed by atoms with van der Waals surface area (Å²) in [7, 11) is 1.95. The van der Waals surface area contributed by atoms with Gasteiger partial charge in [-0.05, 0) is 26.3 Å². The van der Waals surface area contributed by atoms with Gasteiger partial charge in [0.2, 0.25) is 0 Å². The van der Waals surface area contributed by atoms with Crippen LogP contribution in [0.1, 0.15) is 31.7 Å². The zero-order valence-corrected chi connectivity index (χ0v) is 10.7. The third-order valence-corrected chi connectivity index (χ3v) is 2.90. The smallest absolute Gasteiger partial charge is 0.0846 e. The van der Waals surface area contributed by atoms with Gasteiger partial charge in [0.1, 0.15) is 0 Å². The average Bonchev–Trinajstić information content (AvgIpc) is 2.37. The zero-order valence-electron chi connectivity index (χ0n) is 9.97. The quantitative estimate of drug-likeness (QED) is 0.786. The Balaban J connectivity index is 2.44. The van der Waals surface area contributed by atoms with Crippen LogP contribution in [0.15, 0.2) is 0 Å². The Bertz CT molecular complexity index is 318. The van der Waals surface area contributed by atoms with Crippen LogP contribution in [-0.2, 0) is 13.5 Å². The minimum Gasteiger partial charge on any atom is -0.315 e. The maximum absolute atomic E-state index is 6.15. The first-order chi connectivity index (χ1) is 7.02. The molecule has 1 aromatic rings. The molecule has 0 amide bonds. The van der Waals surface area contributed by atoms with Crippen LogP contribution in [0.5, 0.6) is 0 Å². The molecule has 3 nitrogen and oxygen atoms in total. The minimum atomic E-state index is 0.550. The van der Waals surface area contributed by atoms with Crippen molar-refractivity contribution in [2.75, 3.05) is 6.54 Å². The number of halogens is 1. The highest BCUT2D eigenvalue weighted by Crippen LogP contribution is 2.20. The Hall–Kier alpha value is -0.540. The van der Waals surface area contributed by atoms with Crippen LogP contribution in [-0.4, -0.2) is 22.4 Å². The second-order valence-electron chi connectivity index (χ2n) is 4.18. The highest BCUT2D eigenvalue weighted by atomic mass is 35.5. The fourth-order valence-electron chi connectivity index (χ4n) is 1.60. The number of rotatable bonds is 5. The number of aromatic nitrogens is 2. The van der Waals surface area contributed by atoms with Crippen molar-refractivity contribution in [2.45, 2.75) is 39.7 Å². The van der Waals surface area contributed by atoms with Gasteiger partial charge in [-0.1, -0.05) is 25.4 Å². The van der Waals surface area contributed by atoms with E-state index in [-0.39, 0.29) is 0 Å². The fraction of sp³-hybridized carbons (Fsp3) is 0.727. The molecule has 0 radical (unpaired) electrons. The lowest BCUT2D eigenvalue weighted by molar-refractivity contribution is 0.562. The molecule has 0 saturated heterocycles. The van der Waals surface area contributed by atoms with E-state index in [4.69, 9.17) is 11.6 Å². The highest BCUT2D eigenvalue weighted by Gasteiger charge is 2.09. The van der Waals surface area contributed by atoms with E-state index in [1.165, 1.54) is 0 Å². The molecule has 1 aromatic heterocycles. The number of hydrogen-bond acceptors (Lipinski definition) is 2. The van der Waals surface area contributed by atoms with Crippen molar-refractivity contribution >= 4 is 11.6 Å². The van der Waals surface area contributed by atoms with Crippen LogP contribution in [0.3, 0.4) is 0 Å². The monoisotopic (exact) mass is 229 g/mol. The first-order valence-corrected chi connectivity index (χ1v) is 5.81. The van der Waals surface area contributed by atoms with Crippen LogP contribution in [0.25, 0.3) is 0 Å². The molecule has 0 atom stereocenters.